The number of amidine groups is 1. The summed E-state index contributed by atoms with van der Waals surface area (Å²) in [7, 11) is 0. The summed E-state index contributed by atoms with van der Waals surface area (Å²) in [5.74, 6) is 0.294. The van der Waals surface area contributed by atoms with Gasteiger partial charge in [-0.2, -0.15) is 0 Å². The number of hydrogen-bond donors (Lipinski definition) is 2. The summed E-state index contributed by atoms with van der Waals surface area (Å²) in [4.78, 5) is 13.0. The predicted molar refractivity (Wildman–Crippen MR) is 80.8 cm³/mol. The van der Waals surface area contributed by atoms with Gasteiger partial charge in [0.15, 0.2) is 5.84 Å². The van der Waals surface area contributed by atoms with E-state index in [0.29, 0.717) is 23.2 Å². The van der Waals surface area contributed by atoms with Gasteiger partial charge in [0.25, 0.3) is 5.69 Å². The fourth-order valence-electron chi connectivity index (χ4n) is 2.91. The smallest absolute Gasteiger partial charge is 0.293 e. The first-order chi connectivity index (χ1) is 9.95. The Bertz CT molecular complexity index is 571. The summed E-state index contributed by atoms with van der Waals surface area (Å²) in [6.07, 6.45) is 2.07. The summed E-state index contributed by atoms with van der Waals surface area (Å²) in [5.41, 5.74) is 6.44. The number of nitro groups is 1. The van der Waals surface area contributed by atoms with Crippen LogP contribution in [0.15, 0.2) is 23.4 Å². The van der Waals surface area contributed by atoms with Crippen LogP contribution in [0, 0.1) is 16.0 Å². The first-order valence-electron chi connectivity index (χ1n) is 6.98. The molecule has 1 aliphatic rings. The minimum absolute atomic E-state index is 0.00773. The van der Waals surface area contributed by atoms with Gasteiger partial charge in [0.05, 0.1) is 4.92 Å². The average molecular weight is 292 g/mol. The lowest BCUT2D eigenvalue weighted by Crippen LogP contribution is -2.33. The van der Waals surface area contributed by atoms with E-state index >= 15 is 0 Å². The van der Waals surface area contributed by atoms with E-state index in [4.69, 9.17) is 10.9 Å². The van der Waals surface area contributed by atoms with Crippen molar-refractivity contribution in [3.05, 3.63) is 33.9 Å². The van der Waals surface area contributed by atoms with Gasteiger partial charge in [-0.25, -0.2) is 0 Å². The molecular formula is C14H20N4O3. The number of hydrogen-bond acceptors (Lipinski definition) is 5. The van der Waals surface area contributed by atoms with Gasteiger partial charge >= 0.3 is 0 Å². The second-order valence-corrected chi connectivity index (χ2v) is 5.59. The van der Waals surface area contributed by atoms with E-state index in [1.807, 2.05) is 0 Å². The van der Waals surface area contributed by atoms with Gasteiger partial charge in [-0.3, -0.25) is 10.1 Å². The molecule has 3 N–H and O–H groups in total. The van der Waals surface area contributed by atoms with E-state index in [1.165, 1.54) is 6.07 Å². The average Bonchev–Trinajstić information content (AvgIpc) is 2.95. The van der Waals surface area contributed by atoms with Crippen molar-refractivity contribution in [1.82, 2.24) is 0 Å². The maximum atomic E-state index is 11.4. The summed E-state index contributed by atoms with van der Waals surface area (Å²) in [6, 6.07) is 5.00. The zero-order chi connectivity index (χ0) is 15.6. The molecule has 1 saturated heterocycles. The van der Waals surface area contributed by atoms with Gasteiger partial charge in [-0.05, 0) is 30.9 Å². The molecular weight excluding hydrogens is 272 g/mol. The quantitative estimate of drug-likeness (QED) is 0.291. The summed E-state index contributed by atoms with van der Waals surface area (Å²) in [5, 5.41) is 22.9. The molecule has 114 valence electrons. The van der Waals surface area contributed by atoms with Crippen molar-refractivity contribution in [1.29, 1.82) is 0 Å². The van der Waals surface area contributed by atoms with Crippen molar-refractivity contribution >= 4 is 17.2 Å². The van der Waals surface area contributed by atoms with Crippen molar-refractivity contribution in [3.8, 4) is 0 Å². The third-order valence-corrected chi connectivity index (χ3v) is 3.95. The number of nitro benzene ring substituents is 1. The molecule has 1 aromatic rings. The number of nitrogens with two attached hydrogens (primary N) is 1. The number of oxime groups is 1. The highest BCUT2D eigenvalue weighted by atomic mass is 16.6. The molecule has 7 nitrogen and oxygen atoms in total. The molecule has 1 unspecified atom stereocenters. The number of anilines is 1. The Balaban J connectivity index is 2.46. The predicted octanol–water partition coefficient (Wildman–Crippen LogP) is 2.31. The molecule has 1 atom stereocenters. The first kappa shape index (κ1) is 15.1. The van der Waals surface area contributed by atoms with Crippen molar-refractivity contribution in [3.63, 3.8) is 0 Å². The highest BCUT2D eigenvalue weighted by Crippen LogP contribution is 2.36. The van der Waals surface area contributed by atoms with Gasteiger partial charge in [-0.15, -0.1) is 0 Å². The zero-order valence-corrected chi connectivity index (χ0v) is 12.2. The number of rotatable bonds is 4. The first-order valence-corrected chi connectivity index (χ1v) is 6.98. The van der Waals surface area contributed by atoms with Crippen LogP contribution in [-0.4, -0.2) is 28.6 Å². The highest BCUT2D eigenvalue weighted by Gasteiger charge is 2.31. The second kappa shape index (κ2) is 5.99. The molecule has 2 rings (SSSR count). The highest BCUT2D eigenvalue weighted by molar-refractivity contribution is 5.98. The minimum Gasteiger partial charge on any atom is -0.409 e. The fraction of sp³-hybridized carbons (Fsp3) is 0.500. The third-order valence-electron chi connectivity index (χ3n) is 3.95. The molecule has 21 heavy (non-hydrogen) atoms. The van der Waals surface area contributed by atoms with Crippen LogP contribution in [0.1, 0.15) is 32.3 Å². The van der Waals surface area contributed by atoms with Gasteiger partial charge in [-0.1, -0.05) is 19.0 Å². The molecule has 0 saturated carbocycles. The van der Waals surface area contributed by atoms with E-state index in [9.17, 15) is 10.1 Å². The molecule has 1 fully saturated rings. The van der Waals surface area contributed by atoms with Crippen LogP contribution in [0.4, 0.5) is 11.4 Å². The lowest BCUT2D eigenvalue weighted by molar-refractivity contribution is -0.384. The fourth-order valence-corrected chi connectivity index (χ4v) is 2.91. The maximum absolute atomic E-state index is 11.4. The lowest BCUT2D eigenvalue weighted by Gasteiger charge is -2.29. The molecule has 0 spiro atoms. The minimum atomic E-state index is -0.417. The van der Waals surface area contributed by atoms with Crippen LogP contribution in [0.3, 0.4) is 0 Å². The van der Waals surface area contributed by atoms with Crippen LogP contribution in [0.2, 0.25) is 0 Å². The van der Waals surface area contributed by atoms with Crippen molar-refractivity contribution in [2.75, 3.05) is 11.4 Å². The van der Waals surface area contributed by atoms with Crippen molar-refractivity contribution in [2.24, 2.45) is 16.8 Å². The van der Waals surface area contributed by atoms with Crippen LogP contribution in [0.25, 0.3) is 0 Å². The Morgan fingerprint density at radius 2 is 2.29 bits per heavy atom. The summed E-state index contributed by atoms with van der Waals surface area (Å²) >= 11 is 0. The Hall–Kier alpha value is -2.31. The van der Waals surface area contributed by atoms with Gasteiger partial charge in [0.1, 0.15) is 5.69 Å². The van der Waals surface area contributed by atoms with Crippen LogP contribution in [0.5, 0.6) is 0 Å². The molecule has 1 heterocycles. The molecule has 1 aromatic carbocycles. The number of nitrogens with zero attached hydrogens (tertiary/aromatic N) is 3. The Morgan fingerprint density at radius 3 is 2.86 bits per heavy atom. The van der Waals surface area contributed by atoms with Crippen LogP contribution < -0.4 is 10.6 Å². The van der Waals surface area contributed by atoms with Gasteiger partial charge in [0.2, 0.25) is 0 Å². The van der Waals surface area contributed by atoms with Crippen molar-refractivity contribution < 1.29 is 10.1 Å². The van der Waals surface area contributed by atoms with E-state index in [0.717, 1.165) is 19.4 Å². The normalized spacial score (nSPS) is 19.3. The molecule has 0 aliphatic carbocycles. The summed E-state index contributed by atoms with van der Waals surface area (Å²) in [6.45, 7) is 5.06. The largest absolute Gasteiger partial charge is 0.409 e. The monoisotopic (exact) mass is 292 g/mol. The third kappa shape index (κ3) is 2.91. The van der Waals surface area contributed by atoms with Gasteiger partial charge < -0.3 is 15.8 Å². The lowest BCUT2D eigenvalue weighted by atomic mass is 10.0. The van der Waals surface area contributed by atoms with Gasteiger partial charge in [0, 0.05) is 24.2 Å². The topological polar surface area (TPSA) is 105 Å². The Kier molecular flexibility index (Phi) is 4.30. The SMILES string of the molecule is CC(C)C1CCCN1c1ccc(C(N)=NO)cc1[N+](=O)[O-]. The standard InChI is InChI=1S/C14H20N4O3/c1-9(2)11-4-3-7-17(11)12-6-5-10(14(15)16-19)8-13(12)18(20)21/h5-6,8-9,11,19H,3-4,7H2,1-2H3,(H2,15,16). The molecule has 0 amide bonds. The van der Waals surface area contributed by atoms with Crippen molar-refractivity contribution in [2.45, 2.75) is 32.7 Å². The van der Waals surface area contributed by atoms with E-state index in [-0.39, 0.29) is 11.5 Å². The van der Waals surface area contributed by atoms with Crippen LogP contribution >= 0.6 is 0 Å². The molecule has 0 bridgehead atoms. The van der Waals surface area contributed by atoms with Crippen LogP contribution in [-0.2, 0) is 0 Å². The Morgan fingerprint density at radius 1 is 1.57 bits per heavy atom. The van der Waals surface area contributed by atoms with E-state index in [2.05, 4.69) is 23.9 Å². The number of benzene rings is 1. The molecule has 0 aromatic heterocycles. The Labute approximate surface area is 123 Å². The molecule has 7 heteroatoms. The molecule has 1 aliphatic heterocycles. The van der Waals surface area contributed by atoms with E-state index in [1.54, 1.807) is 12.1 Å². The zero-order valence-electron chi connectivity index (χ0n) is 12.2. The maximum Gasteiger partial charge on any atom is 0.293 e. The van der Waals surface area contributed by atoms with E-state index < -0.39 is 4.92 Å². The summed E-state index contributed by atoms with van der Waals surface area (Å²) < 4.78 is 0. The second-order valence-electron chi connectivity index (χ2n) is 5.59. The molecule has 0 radical (unpaired) electrons.